The van der Waals surface area contributed by atoms with Gasteiger partial charge >= 0.3 is 5.97 Å². The van der Waals surface area contributed by atoms with Crippen LogP contribution in [0.2, 0.25) is 0 Å². The van der Waals surface area contributed by atoms with Crippen LogP contribution in [0, 0.1) is 0 Å². The van der Waals surface area contributed by atoms with Crippen LogP contribution in [-0.4, -0.2) is 11.1 Å². The fraction of sp³-hybridized carbons (Fsp3) is 0.929. The molecule has 0 aliphatic rings. The fourth-order valence-electron chi connectivity index (χ4n) is 1.94. The predicted octanol–water partition coefficient (Wildman–Crippen LogP) is 4.77. The Morgan fingerprint density at radius 2 is 1.12 bits per heavy atom. The molecule has 0 atom stereocenters. The van der Waals surface area contributed by atoms with Crippen LogP contribution in [-0.2, 0) is 32.1 Å². The summed E-state index contributed by atoms with van der Waals surface area (Å²) in [6.45, 7) is 2.25. The van der Waals surface area contributed by atoms with Crippen molar-refractivity contribution in [2.45, 2.75) is 84.0 Å². The van der Waals surface area contributed by atoms with Gasteiger partial charge in [-0.1, -0.05) is 71.1 Å². The van der Waals surface area contributed by atoms with E-state index in [-0.39, 0.29) is 27.3 Å². The molecule has 0 bridgehead atoms. The number of unbranched alkanes of at least 4 members (excludes halogenated alkanes) is 10. The molecule has 0 aromatic heterocycles. The summed E-state index contributed by atoms with van der Waals surface area (Å²) >= 11 is 0. The molecule has 0 aromatic rings. The summed E-state index contributed by atoms with van der Waals surface area (Å²) in [6.07, 6.45) is 14.4. The van der Waals surface area contributed by atoms with Gasteiger partial charge in [-0.05, 0) is 6.42 Å². The quantitative estimate of drug-likeness (QED) is 0.410. The maximum absolute atomic E-state index is 10.3. The van der Waals surface area contributed by atoms with Gasteiger partial charge in [0, 0.05) is 33.7 Å². The Bertz CT molecular complexity index is 160. The molecule has 0 aromatic carbocycles. The first kappa shape index (κ1) is 19.7. The average Bonchev–Trinajstić information content (AvgIpc) is 2.25. The van der Waals surface area contributed by atoms with E-state index in [9.17, 15) is 4.79 Å². The molecule has 0 amide bonds. The van der Waals surface area contributed by atoms with E-state index in [2.05, 4.69) is 6.92 Å². The molecule has 0 spiro atoms. The molecule has 1 N–H and O–H groups in total. The van der Waals surface area contributed by atoms with Crippen molar-refractivity contribution in [1.82, 2.24) is 0 Å². The number of hydrogen-bond acceptors (Lipinski definition) is 1. The van der Waals surface area contributed by atoms with Crippen LogP contribution in [0.3, 0.4) is 0 Å². The summed E-state index contributed by atoms with van der Waals surface area (Å²) in [5.74, 6) is -0.657. The summed E-state index contributed by atoms with van der Waals surface area (Å²) in [7, 11) is 0. The Balaban J connectivity index is 0. The van der Waals surface area contributed by atoms with Crippen LogP contribution < -0.4 is 0 Å². The van der Waals surface area contributed by atoms with Gasteiger partial charge in [-0.2, -0.15) is 0 Å². The van der Waals surface area contributed by atoms with Crippen molar-refractivity contribution in [1.29, 1.82) is 0 Å². The van der Waals surface area contributed by atoms with Gasteiger partial charge in [0.15, 0.2) is 0 Å². The smallest absolute Gasteiger partial charge is 0.303 e. The molecular weight excluding hydrogens is 313 g/mol. The number of rotatable bonds is 12. The number of carboxylic acids is 1. The molecule has 0 fully saturated rings. The summed E-state index contributed by atoms with van der Waals surface area (Å²) in [5, 5.41) is 8.46. The molecule has 98 valence electrons. The van der Waals surface area contributed by atoms with Crippen molar-refractivity contribution in [3.8, 4) is 0 Å². The molecule has 0 unspecified atom stereocenters. The van der Waals surface area contributed by atoms with E-state index in [0.29, 0.717) is 6.42 Å². The van der Waals surface area contributed by atoms with Gasteiger partial charge in [-0.15, -0.1) is 0 Å². The van der Waals surface area contributed by atoms with Crippen LogP contribution >= 0.6 is 0 Å². The molecule has 17 heavy (non-hydrogen) atoms. The van der Waals surface area contributed by atoms with E-state index < -0.39 is 5.97 Å². The maximum atomic E-state index is 10.3. The standard InChI is InChI=1S/C14H28O2.Cd/c1-2-3-4-5-6-7-8-9-10-11-12-13-14(15)16;/h2-13H2,1H3,(H,15,16);. The first-order valence-corrected chi connectivity index (χ1v) is 6.99. The molecule has 0 aliphatic carbocycles. The molecule has 0 radical (unpaired) electrons. The third kappa shape index (κ3) is 18.9. The third-order valence-electron chi connectivity index (χ3n) is 2.99. The molecule has 0 saturated heterocycles. The van der Waals surface area contributed by atoms with Gasteiger partial charge in [0.05, 0.1) is 0 Å². The van der Waals surface area contributed by atoms with Gasteiger partial charge in [0.2, 0.25) is 0 Å². The Hall–Kier alpha value is 0.392. The summed E-state index contributed by atoms with van der Waals surface area (Å²) in [4.78, 5) is 10.3. The van der Waals surface area contributed by atoms with E-state index in [4.69, 9.17) is 5.11 Å². The number of hydrogen-bond donors (Lipinski definition) is 1. The SMILES string of the molecule is CCCCCCCCCCCCCC(=O)O.[Cd]. The second-order valence-corrected chi connectivity index (χ2v) is 4.68. The topological polar surface area (TPSA) is 37.3 Å². The number of carboxylic acid groups (broad SMARTS) is 1. The van der Waals surface area contributed by atoms with Crippen molar-refractivity contribution in [2.75, 3.05) is 0 Å². The van der Waals surface area contributed by atoms with Gasteiger partial charge < -0.3 is 5.11 Å². The van der Waals surface area contributed by atoms with Crippen LogP contribution in [0.4, 0.5) is 0 Å². The Labute approximate surface area is 127 Å². The van der Waals surface area contributed by atoms with Crippen molar-refractivity contribution >= 4 is 5.97 Å². The fourth-order valence-corrected chi connectivity index (χ4v) is 1.94. The van der Waals surface area contributed by atoms with E-state index in [1.165, 1.54) is 57.8 Å². The molecule has 0 heterocycles. The average molecular weight is 341 g/mol. The van der Waals surface area contributed by atoms with E-state index in [0.717, 1.165) is 12.8 Å². The first-order valence-electron chi connectivity index (χ1n) is 6.99. The molecule has 2 nitrogen and oxygen atoms in total. The predicted molar refractivity (Wildman–Crippen MR) is 68.7 cm³/mol. The zero-order valence-corrected chi connectivity index (χ0v) is 15.6. The van der Waals surface area contributed by atoms with E-state index in [1.807, 2.05) is 0 Å². The van der Waals surface area contributed by atoms with Crippen LogP contribution in [0.1, 0.15) is 84.0 Å². The minimum atomic E-state index is -0.657. The van der Waals surface area contributed by atoms with Crippen molar-refractivity contribution in [3.05, 3.63) is 0 Å². The monoisotopic (exact) mass is 342 g/mol. The van der Waals surface area contributed by atoms with Gasteiger partial charge in [-0.25, -0.2) is 0 Å². The molecule has 0 saturated carbocycles. The van der Waals surface area contributed by atoms with Crippen LogP contribution in [0.25, 0.3) is 0 Å². The minimum Gasteiger partial charge on any atom is -0.481 e. The summed E-state index contributed by atoms with van der Waals surface area (Å²) in [6, 6.07) is 0. The van der Waals surface area contributed by atoms with Crippen molar-refractivity contribution < 1.29 is 37.2 Å². The Morgan fingerprint density at radius 3 is 1.47 bits per heavy atom. The normalized spacial score (nSPS) is 9.94. The molecular formula is C14H28CdO2. The molecule has 0 rings (SSSR count). The summed E-state index contributed by atoms with van der Waals surface area (Å²) in [5.41, 5.74) is 0. The minimum absolute atomic E-state index is 0. The molecule has 3 heteroatoms. The first-order chi connectivity index (χ1) is 7.77. The maximum Gasteiger partial charge on any atom is 0.303 e. The zero-order valence-electron chi connectivity index (χ0n) is 11.5. The van der Waals surface area contributed by atoms with Crippen LogP contribution in [0.5, 0.6) is 0 Å². The summed E-state index contributed by atoms with van der Waals surface area (Å²) < 4.78 is 0. The second kappa shape index (κ2) is 16.4. The number of aliphatic carboxylic acids is 1. The van der Waals surface area contributed by atoms with Crippen molar-refractivity contribution in [2.24, 2.45) is 0 Å². The number of carbonyl (C=O) groups is 1. The third-order valence-corrected chi connectivity index (χ3v) is 2.99. The molecule has 0 aliphatic heterocycles. The Morgan fingerprint density at radius 1 is 0.765 bits per heavy atom. The Kier molecular flexibility index (Phi) is 19.0. The van der Waals surface area contributed by atoms with Crippen molar-refractivity contribution in [3.63, 3.8) is 0 Å². The van der Waals surface area contributed by atoms with E-state index in [1.54, 1.807) is 0 Å². The van der Waals surface area contributed by atoms with E-state index >= 15 is 0 Å². The largest absolute Gasteiger partial charge is 0.481 e. The second-order valence-electron chi connectivity index (χ2n) is 4.68. The van der Waals surface area contributed by atoms with Gasteiger partial charge in [0.25, 0.3) is 0 Å². The van der Waals surface area contributed by atoms with Gasteiger partial charge in [-0.3, -0.25) is 4.79 Å². The van der Waals surface area contributed by atoms with Crippen LogP contribution in [0.15, 0.2) is 0 Å². The van der Waals surface area contributed by atoms with Gasteiger partial charge in [0.1, 0.15) is 0 Å². The zero-order chi connectivity index (χ0) is 12.1.